The van der Waals surface area contributed by atoms with Crippen molar-refractivity contribution < 1.29 is 33.6 Å². The Bertz CT molecular complexity index is 482. The van der Waals surface area contributed by atoms with E-state index in [1.807, 2.05) is 13.8 Å². The van der Waals surface area contributed by atoms with Gasteiger partial charge in [-0.25, -0.2) is 4.79 Å². The molecule has 0 aromatic rings. The lowest BCUT2D eigenvalue weighted by atomic mass is 10.0. The fourth-order valence-electron chi connectivity index (χ4n) is 2.84. The second-order valence-electron chi connectivity index (χ2n) is 6.35. The summed E-state index contributed by atoms with van der Waals surface area (Å²) in [5.41, 5.74) is 0. The van der Waals surface area contributed by atoms with Crippen molar-refractivity contribution in [2.24, 2.45) is 0 Å². The maximum absolute atomic E-state index is 11.3. The average molecular weight is 300 g/mol. The lowest BCUT2D eigenvalue weighted by Gasteiger charge is -2.25. The normalized spacial score (nSPS) is 41.1. The molecule has 0 unspecified atom stereocenters. The Labute approximate surface area is 122 Å². The van der Waals surface area contributed by atoms with Crippen molar-refractivity contribution in [3.8, 4) is 0 Å². The molecule has 0 spiro atoms. The molecule has 0 aromatic heterocycles. The number of esters is 1. The van der Waals surface area contributed by atoms with Crippen molar-refractivity contribution in [2.75, 3.05) is 6.61 Å². The van der Waals surface area contributed by atoms with Crippen LogP contribution < -0.4 is 0 Å². The number of hydrogen-bond donors (Lipinski definition) is 1. The molecule has 3 aliphatic heterocycles. The molecule has 118 valence electrons. The first-order valence-corrected chi connectivity index (χ1v) is 6.96. The van der Waals surface area contributed by atoms with Gasteiger partial charge in [-0.3, -0.25) is 0 Å². The minimum atomic E-state index is -0.829. The van der Waals surface area contributed by atoms with E-state index in [9.17, 15) is 9.90 Å². The molecule has 2 fully saturated rings. The van der Waals surface area contributed by atoms with Crippen molar-refractivity contribution in [1.82, 2.24) is 0 Å². The molecule has 3 rings (SSSR count). The Morgan fingerprint density at radius 2 is 1.76 bits per heavy atom. The molecule has 1 N–H and O–H groups in total. The molecule has 3 aliphatic rings. The topological polar surface area (TPSA) is 83.5 Å². The van der Waals surface area contributed by atoms with Crippen LogP contribution in [0, 0.1) is 0 Å². The minimum Gasteiger partial charge on any atom is -0.502 e. The Morgan fingerprint density at radius 3 is 2.29 bits per heavy atom. The molecular formula is C14H20O7. The standard InChI is InChI=1S/C14H20O7/c1-13(2)17-6-9(19-13)11-10(20-14(3,4)21-11)8-5-7(15)12(16)18-8/h5,8-11,15H,6H2,1-4H3/t8-,9+,10+,11+/m0/s1. The van der Waals surface area contributed by atoms with Crippen molar-refractivity contribution >= 4 is 5.97 Å². The van der Waals surface area contributed by atoms with Gasteiger partial charge < -0.3 is 28.8 Å². The molecule has 3 heterocycles. The highest BCUT2D eigenvalue weighted by molar-refractivity contribution is 5.88. The Hall–Kier alpha value is -1.15. The van der Waals surface area contributed by atoms with Crippen LogP contribution in [0.1, 0.15) is 27.7 Å². The number of cyclic esters (lactones) is 1. The van der Waals surface area contributed by atoms with E-state index in [0.29, 0.717) is 6.61 Å². The van der Waals surface area contributed by atoms with E-state index in [1.165, 1.54) is 6.08 Å². The molecule has 0 aromatic carbocycles. The molecule has 0 bridgehead atoms. The summed E-state index contributed by atoms with van der Waals surface area (Å²) < 4.78 is 28.2. The van der Waals surface area contributed by atoms with E-state index in [1.54, 1.807) is 13.8 Å². The molecule has 0 saturated carbocycles. The van der Waals surface area contributed by atoms with Gasteiger partial charge in [0.2, 0.25) is 5.76 Å². The Kier molecular flexibility index (Phi) is 3.29. The van der Waals surface area contributed by atoms with E-state index >= 15 is 0 Å². The summed E-state index contributed by atoms with van der Waals surface area (Å²) in [7, 11) is 0. The van der Waals surface area contributed by atoms with Crippen molar-refractivity contribution in [2.45, 2.75) is 63.7 Å². The number of carbonyl (C=O) groups is 1. The summed E-state index contributed by atoms with van der Waals surface area (Å²) in [5, 5.41) is 9.43. The summed E-state index contributed by atoms with van der Waals surface area (Å²) in [6.07, 6.45) is -0.706. The first-order chi connectivity index (χ1) is 9.67. The Balaban J connectivity index is 1.79. The zero-order chi connectivity index (χ0) is 15.4. The van der Waals surface area contributed by atoms with Gasteiger partial charge in [0.05, 0.1) is 6.61 Å². The third-order valence-corrected chi connectivity index (χ3v) is 3.66. The summed E-state index contributed by atoms with van der Waals surface area (Å²) in [6.45, 7) is 7.57. The van der Waals surface area contributed by atoms with Gasteiger partial charge in [0.1, 0.15) is 18.3 Å². The SMILES string of the molecule is CC1(C)O[C@H]([C@@H]2C=C(O)C(=O)O2)[C@@H]([C@H]2COC(C)(C)O2)O1. The van der Waals surface area contributed by atoms with Crippen LogP contribution in [0.4, 0.5) is 0 Å². The number of ether oxygens (including phenoxy) is 5. The minimum absolute atomic E-state index is 0.332. The smallest absolute Gasteiger partial charge is 0.373 e. The first-order valence-electron chi connectivity index (χ1n) is 6.96. The van der Waals surface area contributed by atoms with E-state index in [-0.39, 0.29) is 6.10 Å². The molecule has 0 aliphatic carbocycles. The van der Waals surface area contributed by atoms with Crippen LogP contribution in [0.3, 0.4) is 0 Å². The largest absolute Gasteiger partial charge is 0.502 e. The van der Waals surface area contributed by atoms with Gasteiger partial charge in [-0.15, -0.1) is 0 Å². The highest BCUT2D eigenvalue weighted by atomic mass is 16.8. The molecule has 4 atom stereocenters. The first kappa shape index (κ1) is 14.8. The van der Waals surface area contributed by atoms with Gasteiger partial charge in [-0.05, 0) is 27.7 Å². The Morgan fingerprint density at radius 1 is 1.10 bits per heavy atom. The van der Waals surface area contributed by atoms with Crippen LogP contribution in [0.25, 0.3) is 0 Å². The van der Waals surface area contributed by atoms with Gasteiger partial charge in [0.25, 0.3) is 0 Å². The van der Waals surface area contributed by atoms with Gasteiger partial charge in [-0.2, -0.15) is 0 Å². The summed E-state index contributed by atoms with van der Waals surface area (Å²) in [5.74, 6) is -2.67. The molecular weight excluding hydrogens is 280 g/mol. The quantitative estimate of drug-likeness (QED) is 0.762. The summed E-state index contributed by atoms with van der Waals surface area (Å²) in [6, 6.07) is 0. The number of carbonyl (C=O) groups excluding carboxylic acids is 1. The second kappa shape index (κ2) is 4.67. The fraction of sp³-hybridized carbons (Fsp3) is 0.786. The van der Waals surface area contributed by atoms with E-state index in [0.717, 1.165) is 0 Å². The molecule has 0 amide bonds. The van der Waals surface area contributed by atoms with Crippen LogP contribution >= 0.6 is 0 Å². The van der Waals surface area contributed by atoms with Crippen molar-refractivity contribution in [3.05, 3.63) is 11.8 Å². The van der Waals surface area contributed by atoms with E-state index in [2.05, 4.69) is 0 Å². The zero-order valence-electron chi connectivity index (χ0n) is 12.5. The maximum atomic E-state index is 11.3. The predicted molar refractivity (Wildman–Crippen MR) is 69.3 cm³/mol. The van der Waals surface area contributed by atoms with Crippen LogP contribution in [0.15, 0.2) is 11.8 Å². The van der Waals surface area contributed by atoms with Crippen LogP contribution in [-0.2, 0) is 28.5 Å². The van der Waals surface area contributed by atoms with Crippen LogP contribution in [-0.4, -0.2) is 53.7 Å². The van der Waals surface area contributed by atoms with Crippen LogP contribution in [0.5, 0.6) is 0 Å². The highest BCUT2D eigenvalue weighted by Gasteiger charge is 2.53. The maximum Gasteiger partial charge on any atom is 0.373 e. The van der Waals surface area contributed by atoms with E-state index < -0.39 is 41.6 Å². The highest BCUT2D eigenvalue weighted by Crippen LogP contribution is 2.38. The predicted octanol–water partition coefficient (Wildman–Crippen LogP) is 1.03. The third kappa shape index (κ3) is 2.78. The average Bonchev–Trinajstić information content (AvgIpc) is 2.97. The third-order valence-electron chi connectivity index (χ3n) is 3.66. The fourth-order valence-corrected chi connectivity index (χ4v) is 2.84. The van der Waals surface area contributed by atoms with Gasteiger partial charge in [0.15, 0.2) is 17.7 Å². The molecule has 7 nitrogen and oxygen atoms in total. The summed E-state index contributed by atoms with van der Waals surface area (Å²) >= 11 is 0. The number of rotatable bonds is 2. The number of aliphatic hydroxyl groups is 1. The van der Waals surface area contributed by atoms with E-state index in [4.69, 9.17) is 23.7 Å². The van der Waals surface area contributed by atoms with Gasteiger partial charge >= 0.3 is 5.97 Å². The molecule has 0 radical (unpaired) electrons. The van der Waals surface area contributed by atoms with Crippen molar-refractivity contribution in [1.29, 1.82) is 0 Å². The van der Waals surface area contributed by atoms with Crippen LogP contribution in [0.2, 0.25) is 0 Å². The van der Waals surface area contributed by atoms with Gasteiger partial charge in [0, 0.05) is 6.08 Å². The second-order valence-corrected chi connectivity index (χ2v) is 6.35. The number of aliphatic hydroxyl groups excluding tert-OH is 1. The van der Waals surface area contributed by atoms with Gasteiger partial charge in [-0.1, -0.05) is 0 Å². The lowest BCUT2D eigenvalue weighted by Crippen LogP contribution is -2.43. The lowest BCUT2D eigenvalue weighted by molar-refractivity contribution is -0.175. The molecule has 21 heavy (non-hydrogen) atoms. The molecule has 7 heteroatoms. The summed E-state index contributed by atoms with van der Waals surface area (Å²) in [4.78, 5) is 11.3. The van der Waals surface area contributed by atoms with Crippen molar-refractivity contribution in [3.63, 3.8) is 0 Å². The number of hydrogen-bond acceptors (Lipinski definition) is 7. The molecule has 2 saturated heterocycles. The monoisotopic (exact) mass is 300 g/mol. The zero-order valence-corrected chi connectivity index (χ0v) is 12.5.